The molecule has 2 aromatic carbocycles. The molecule has 10 rings (SSSR count). The van der Waals surface area contributed by atoms with Gasteiger partial charge in [-0.05, 0) is 117 Å². The summed E-state index contributed by atoms with van der Waals surface area (Å²) in [6.45, 7) is 17.0. The van der Waals surface area contributed by atoms with Crippen LogP contribution >= 0.6 is 22.7 Å². The third-order valence-electron chi connectivity index (χ3n) is 14.0. The quantitative estimate of drug-likeness (QED) is 0.112. The molecule has 8 aromatic rings. The van der Waals surface area contributed by atoms with E-state index in [0.29, 0.717) is 5.69 Å². The summed E-state index contributed by atoms with van der Waals surface area (Å²) in [6.07, 6.45) is 7.95. The predicted molar refractivity (Wildman–Crippen MR) is 279 cm³/mol. The zero-order valence-corrected chi connectivity index (χ0v) is 42.3. The lowest BCUT2D eigenvalue weighted by molar-refractivity contribution is 0.133. The van der Waals surface area contributed by atoms with Gasteiger partial charge in [0.25, 0.3) is 5.56 Å². The summed E-state index contributed by atoms with van der Waals surface area (Å²) in [4.78, 5) is 45.7. The number of aromatic nitrogens is 9. The van der Waals surface area contributed by atoms with E-state index in [1.165, 1.54) is 4.57 Å². The minimum Gasteiger partial charge on any atom is -0.355 e. The molecule has 0 bridgehead atoms. The number of nitrogens with one attached hydrogen (secondary N) is 3. The van der Waals surface area contributed by atoms with Crippen LogP contribution in [0.25, 0.3) is 65.3 Å². The Morgan fingerprint density at radius 2 is 1.22 bits per heavy atom. The molecule has 0 spiro atoms. The van der Waals surface area contributed by atoms with Gasteiger partial charge in [-0.15, -0.1) is 43.1 Å². The Hall–Kier alpha value is -6.27. The van der Waals surface area contributed by atoms with Gasteiger partial charge in [0.1, 0.15) is 0 Å². The smallest absolute Gasteiger partial charge is 0.253 e. The molecule has 0 amide bonds. The molecular weight excluding hydrogens is 903 g/mol. The van der Waals surface area contributed by atoms with E-state index in [0.717, 1.165) is 110 Å². The summed E-state index contributed by atoms with van der Waals surface area (Å²) in [5.41, 5.74) is 11.3. The fourth-order valence-corrected chi connectivity index (χ4v) is 13.0. The Bertz CT molecular complexity index is 3270. The van der Waals surface area contributed by atoms with E-state index >= 15 is 0 Å². The second-order valence-corrected chi connectivity index (χ2v) is 23.0. The van der Waals surface area contributed by atoms with Crippen LogP contribution in [0.1, 0.15) is 80.6 Å². The molecule has 0 radical (unpaired) electrons. The van der Waals surface area contributed by atoms with Crippen LogP contribution in [-0.2, 0) is 7.05 Å². The number of aromatic amines is 1. The van der Waals surface area contributed by atoms with Gasteiger partial charge < -0.3 is 30.0 Å². The molecule has 2 saturated heterocycles. The highest BCUT2D eigenvalue weighted by Gasteiger charge is 2.44. The fraction of sp³-hybridized carbons (Fsp3) is 0.404. The van der Waals surface area contributed by atoms with Crippen molar-refractivity contribution in [3.63, 3.8) is 0 Å². The average Bonchev–Trinajstić information content (AvgIpc) is 4.00. The molecule has 17 heteroatoms. The molecule has 6 aromatic heterocycles. The minimum absolute atomic E-state index is 0.0696. The number of piperidine rings is 2. The average molecular weight is 962 g/mol. The first-order valence-electron chi connectivity index (χ1n) is 23.5. The first kappa shape index (κ1) is 46.5. The van der Waals surface area contributed by atoms with Crippen molar-refractivity contribution in [2.75, 3.05) is 23.4 Å². The van der Waals surface area contributed by atoms with Crippen molar-refractivity contribution in [1.82, 2.24) is 55.5 Å². The van der Waals surface area contributed by atoms with E-state index in [2.05, 4.69) is 121 Å². The lowest BCUT2D eigenvalue weighted by Crippen LogP contribution is -2.65. The van der Waals surface area contributed by atoms with Crippen molar-refractivity contribution in [2.24, 2.45) is 7.05 Å². The SMILES string of the molecule is CN(c1ccc(-c2ccc(-c3cc(=O)n(C)cn3)c3ncsc23)nn1)C1CC(C)(C)NC(C)(CCN(c2ccc(-c3ccc(-c4ccc(=O)[nH]c4)c4ncsc34)nn2)C2CC(C)(C)NC(C)(C)C2)C1. The number of hydrogen-bond acceptors (Lipinski definition) is 15. The number of H-pyrrole nitrogens is 1. The van der Waals surface area contributed by atoms with Crippen molar-refractivity contribution in [3.05, 3.63) is 111 Å². The number of pyridine rings is 1. The molecule has 2 unspecified atom stereocenters. The zero-order chi connectivity index (χ0) is 48.5. The molecule has 3 N–H and O–H groups in total. The van der Waals surface area contributed by atoms with E-state index in [9.17, 15) is 9.59 Å². The number of anilines is 2. The van der Waals surface area contributed by atoms with Crippen molar-refractivity contribution >= 4 is 54.7 Å². The number of hydrogen-bond donors (Lipinski definition) is 3. The van der Waals surface area contributed by atoms with Crippen molar-refractivity contribution in [1.29, 1.82) is 0 Å². The number of fused-ring (bicyclic) bond motifs is 2. The van der Waals surface area contributed by atoms with E-state index < -0.39 is 0 Å². The van der Waals surface area contributed by atoms with Gasteiger partial charge in [-0.2, -0.15) is 0 Å². The topological polar surface area (TPSA) is 176 Å². The molecule has 2 aliphatic rings. The van der Waals surface area contributed by atoms with Gasteiger partial charge in [0.2, 0.25) is 5.56 Å². The van der Waals surface area contributed by atoms with Crippen molar-refractivity contribution < 1.29 is 0 Å². The molecule has 69 heavy (non-hydrogen) atoms. The van der Waals surface area contributed by atoms with E-state index in [1.807, 2.05) is 35.3 Å². The maximum Gasteiger partial charge on any atom is 0.253 e. The maximum absolute atomic E-state index is 12.4. The van der Waals surface area contributed by atoms with Crippen molar-refractivity contribution in [2.45, 2.75) is 115 Å². The third-order valence-corrected chi connectivity index (χ3v) is 15.7. The van der Waals surface area contributed by atoms with Crippen LogP contribution in [-0.4, -0.2) is 92.7 Å². The van der Waals surface area contributed by atoms with Crippen LogP contribution < -0.4 is 31.6 Å². The van der Waals surface area contributed by atoms with E-state index in [-0.39, 0.29) is 45.4 Å². The highest BCUT2D eigenvalue weighted by Crippen LogP contribution is 2.41. The van der Waals surface area contributed by atoms with Gasteiger partial charge in [-0.25, -0.2) is 15.0 Å². The van der Waals surface area contributed by atoms with E-state index in [4.69, 9.17) is 25.4 Å². The van der Waals surface area contributed by atoms with E-state index in [1.54, 1.807) is 54.4 Å². The van der Waals surface area contributed by atoms with Crippen molar-refractivity contribution in [3.8, 4) is 44.9 Å². The first-order valence-corrected chi connectivity index (χ1v) is 25.3. The normalized spacial score (nSPS) is 20.0. The second kappa shape index (κ2) is 17.6. The summed E-state index contributed by atoms with van der Waals surface area (Å²) >= 11 is 3.12. The molecule has 0 aliphatic carbocycles. The maximum atomic E-state index is 12.4. The predicted octanol–water partition coefficient (Wildman–Crippen LogP) is 8.87. The highest BCUT2D eigenvalue weighted by atomic mass is 32.1. The molecule has 2 aliphatic heterocycles. The van der Waals surface area contributed by atoms with Gasteiger partial charge in [-0.3, -0.25) is 9.59 Å². The van der Waals surface area contributed by atoms with Crippen LogP contribution in [0.5, 0.6) is 0 Å². The Morgan fingerprint density at radius 3 is 1.81 bits per heavy atom. The summed E-state index contributed by atoms with van der Waals surface area (Å²) in [5, 5.41) is 27.5. The minimum atomic E-state index is -0.208. The van der Waals surface area contributed by atoms with Gasteiger partial charge >= 0.3 is 0 Å². The monoisotopic (exact) mass is 961 g/mol. The number of rotatable bonds is 11. The van der Waals surface area contributed by atoms with Crippen LogP contribution in [0.2, 0.25) is 0 Å². The molecule has 2 fully saturated rings. The Morgan fingerprint density at radius 1 is 0.638 bits per heavy atom. The first-order chi connectivity index (χ1) is 32.8. The van der Waals surface area contributed by atoms with Crippen LogP contribution in [0, 0.1) is 0 Å². The van der Waals surface area contributed by atoms with Gasteiger partial charge in [0, 0.05) is 101 Å². The Labute approximate surface area is 409 Å². The van der Waals surface area contributed by atoms with Crippen LogP contribution in [0.3, 0.4) is 0 Å². The number of benzene rings is 2. The zero-order valence-electron chi connectivity index (χ0n) is 40.7. The molecule has 8 heterocycles. The highest BCUT2D eigenvalue weighted by molar-refractivity contribution is 7.17. The Balaban J connectivity index is 0.893. The van der Waals surface area contributed by atoms with Gasteiger partial charge in [0.15, 0.2) is 11.6 Å². The summed E-state index contributed by atoms with van der Waals surface area (Å²) in [6, 6.07) is 21.8. The standard InChI is InChI=1S/C52H59N13O2S2/c1-49(2)24-33(25-50(3,4)61-49)65(42-18-16-39(58-60-42)36-13-11-34(45-47(36)68-29-55-45)31-10-19-43(66)53-27-31)21-20-52(7)26-32(23-51(5,6)62-52)64(9)41-17-15-38(57-59-41)37-14-12-35(46-48(37)69-30-56-46)40-22-44(67)63(8)28-54-40/h10-19,22,27-30,32-33,61-62H,20-21,23-26H2,1-9H3,(H,53,66). The lowest BCUT2D eigenvalue weighted by Gasteiger charge is -2.52. The Kier molecular flexibility index (Phi) is 11.9. The van der Waals surface area contributed by atoms with Gasteiger partial charge in [-0.1, -0.05) is 18.2 Å². The molecule has 15 nitrogen and oxygen atoms in total. The fourth-order valence-electron chi connectivity index (χ4n) is 11.3. The summed E-state index contributed by atoms with van der Waals surface area (Å²) in [7, 11) is 3.83. The molecule has 0 saturated carbocycles. The van der Waals surface area contributed by atoms with Gasteiger partial charge in [0.05, 0.1) is 54.9 Å². The number of aryl methyl sites for hydroxylation is 1. The summed E-state index contributed by atoms with van der Waals surface area (Å²) in [5.74, 6) is 1.70. The largest absolute Gasteiger partial charge is 0.355 e. The molecule has 356 valence electrons. The third kappa shape index (κ3) is 9.44. The molecule has 2 atom stereocenters. The second-order valence-electron chi connectivity index (χ2n) is 21.2. The lowest BCUT2D eigenvalue weighted by atomic mass is 9.76. The van der Waals surface area contributed by atoms with Crippen LogP contribution in [0.4, 0.5) is 11.6 Å². The summed E-state index contributed by atoms with van der Waals surface area (Å²) < 4.78 is 3.46. The van der Waals surface area contributed by atoms with Crippen LogP contribution in [0.15, 0.2) is 99.9 Å². The molecular formula is C52H59N13O2S2. The number of thiazole rings is 2. The number of nitrogens with zero attached hydrogens (tertiary/aromatic N) is 10.